The van der Waals surface area contributed by atoms with E-state index in [0.29, 0.717) is 33.7 Å². The Morgan fingerprint density at radius 1 is 0.807 bits per heavy atom. The summed E-state index contributed by atoms with van der Waals surface area (Å²) in [6, 6.07) is 6.66. The number of aryl methyl sites for hydroxylation is 2. The molecule has 1 aliphatic heterocycles. The number of hydrogen-bond acceptors (Lipinski definition) is 17. The van der Waals surface area contributed by atoms with Crippen molar-refractivity contribution in [1.29, 1.82) is 0 Å². The van der Waals surface area contributed by atoms with Crippen molar-refractivity contribution in [2.24, 2.45) is 5.41 Å². The van der Waals surface area contributed by atoms with Crippen molar-refractivity contribution in [3.05, 3.63) is 45.7 Å². The molecule has 0 radical (unpaired) electrons. The van der Waals surface area contributed by atoms with E-state index >= 15 is 0 Å². The Morgan fingerprint density at radius 3 is 1.95 bits per heavy atom. The maximum atomic E-state index is 14.1. The van der Waals surface area contributed by atoms with Crippen LogP contribution in [0.25, 0.3) is 22.3 Å². The van der Waals surface area contributed by atoms with Gasteiger partial charge < -0.3 is 47.4 Å². The van der Waals surface area contributed by atoms with Crippen molar-refractivity contribution in [3.8, 4) is 28.6 Å². The molecule has 0 spiro atoms. The lowest BCUT2D eigenvalue weighted by atomic mass is 9.97. The number of fused-ring (bicyclic) bond motifs is 1. The van der Waals surface area contributed by atoms with Gasteiger partial charge in [-0.2, -0.15) is 0 Å². The quantitative estimate of drug-likeness (QED) is 0.130. The number of methoxy groups -OCH3 is 3. The Hall–Kier alpha value is -5.75. The number of carbonyl (C=O) groups excluding carboxylic acids is 5. The van der Waals surface area contributed by atoms with Crippen LogP contribution in [0.3, 0.4) is 0 Å². The predicted molar refractivity (Wildman–Crippen MR) is 198 cm³/mol. The Labute approximate surface area is 328 Å². The molecule has 2 aromatic carbocycles. The van der Waals surface area contributed by atoms with Crippen molar-refractivity contribution in [3.63, 3.8) is 0 Å². The summed E-state index contributed by atoms with van der Waals surface area (Å²) in [5.41, 5.74) is 0.729. The smallest absolute Gasteiger partial charge is 0.339 e. The van der Waals surface area contributed by atoms with Crippen molar-refractivity contribution in [2.45, 2.75) is 92.8 Å². The third-order valence-electron chi connectivity index (χ3n) is 8.55. The second kappa shape index (κ2) is 18.5. The first-order chi connectivity index (χ1) is 26.8. The van der Waals surface area contributed by atoms with Crippen LogP contribution in [-0.4, -0.2) is 105 Å². The van der Waals surface area contributed by atoms with Crippen LogP contribution in [0.5, 0.6) is 17.2 Å². The highest BCUT2D eigenvalue weighted by atomic mass is 16.7. The van der Waals surface area contributed by atoms with Gasteiger partial charge >= 0.3 is 29.8 Å². The Morgan fingerprint density at radius 2 is 1.40 bits per heavy atom. The van der Waals surface area contributed by atoms with E-state index in [0.717, 1.165) is 27.9 Å². The second-order valence-corrected chi connectivity index (χ2v) is 14.0. The summed E-state index contributed by atoms with van der Waals surface area (Å²) in [5, 5.41) is 0.166. The molecule has 18 heteroatoms. The Kier molecular flexibility index (Phi) is 14.2. The van der Waals surface area contributed by atoms with Crippen LogP contribution in [0, 0.1) is 19.3 Å². The van der Waals surface area contributed by atoms with Crippen molar-refractivity contribution in [2.75, 3.05) is 34.5 Å². The van der Waals surface area contributed by atoms with Gasteiger partial charge in [0, 0.05) is 38.5 Å². The number of esters is 5. The molecular weight excluding hydrogens is 752 g/mol. The molecule has 0 aliphatic carbocycles. The molecule has 0 amide bonds. The molecule has 0 saturated carbocycles. The zero-order chi connectivity index (χ0) is 42.4. The number of benzene rings is 2. The van der Waals surface area contributed by atoms with Crippen LogP contribution in [-0.2, 0) is 63.9 Å². The van der Waals surface area contributed by atoms with Gasteiger partial charge in [0.25, 0.3) is 5.56 Å². The fourth-order valence-electron chi connectivity index (χ4n) is 6.07. The van der Waals surface area contributed by atoms with Gasteiger partial charge in [-0.05, 0) is 57.9 Å². The van der Waals surface area contributed by atoms with Crippen molar-refractivity contribution < 1.29 is 71.3 Å². The molecule has 5 atom stereocenters. The first kappa shape index (κ1) is 44.0. The van der Waals surface area contributed by atoms with Crippen LogP contribution in [0.1, 0.15) is 52.7 Å². The fourth-order valence-corrected chi connectivity index (χ4v) is 6.07. The third kappa shape index (κ3) is 10.4. The van der Waals surface area contributed by atoms with Gasteiger partial charge in [-0.1, -0.05) is 0 Å². The Balaban J connectivity index is 1.64. The highest BCUT2D eigenvalue weighted by molar-refractivity contribution is 5.87. The fraction of sp³-hybridized carbons (Fsp3) is 0.513. The monoisotopic (exact) mass is 800 g/mol. The maximum absolute atomic E-state index is 14.1. The second-order valence-electron chi connectivity index (χ2n) is 14.0. The largest absolute Gasteiger partial charge is 0.497 e. The van der Waals surface area contributed by atoms with Crippen LogP contribution < -0.4 is 19.8 Å². The number of aromatic nitrogens is 2. The number of nitrogens with zero attached hydrogens (tertiary/aromatic N) is 2. The van der Waals surface area contributed by atoms with Gasteiger partial charge in [0.2, 0.25) is 0 Å². The summed E-state index contributed by atoms with van der Waals surface area (Å²) in [5.74, 6) is -2.64. The average Bonchev–Trinajstić information content (AvgIpc) is 3.13. The van der Waals surface area contributed by atoms with E-state index in [4.69, 9.17) is 52.4 Å². The zero-order valence-electron chi connectivity index (χ0n) is 33.7. The minimum Gasteiger partial charge on any atom is -0.497 e. The van der Waals surface area contributed by atoms with Gasteiger partial charge in [0.05, 0.1) is 38.9 Å². The molecule has 0 bridgehead atoms. The first-order valence-electron chi connectivity index (χ1n) is 17.8. The van der Waals surface area contributed by atoms with Crippen LogP contribution in [0.15, 0.2) is 29.1 Å². The minimum absolute atomic E-state index is 0.0938. The van der Waals surface area contributed by atoms with Gasteiger partial charge in [0.1, 0.15) is 35.1 Å². The van der Waals surface area contributed by atoms with E-state index < -0.39 is 78.3 Å². The SMILES string of the molecule is COC(=O)[C@H]1O[C@@H](OCCOc2c(C)cc(-c3nc4cc(OC)cc(OC)c4c(=O)n3COC(=O)C(C)(C)C)cc2C)[C@H](OC(C)=O)[C@@H](OC(C)=O)[C@@H]1OC(C)=O. The zero-order valence-corrected chi connectivity index (χ0v) is 33.7. The van der Waals surface area contributed by atoms with Crippen molar-refractivity contribution >= 4 is 40.7 Å². The van der Waals surface area contributed by atoms with Gasteiger partial charge in [-0.15, -0.1) is 0 Å². The summed E-state index contributed by atoms with van der Waals surface area (Å²) in [6.07, 6.45) is -7.61. The minimum atomic E-state index is -1.61. The van der Waals surface area contributed by atoms with Gasteiger partial charge in [-0.25, -0.2) is 9.78 Å². The summed E-state index contributed by atoms with van der Waals surface area (Å²) >= 11 is 0. The molecule has 18 nitrogen and oxygen atoms in total. The average molecular weight is 801 g/mol. The molecular formula is C39H48N2O16. The summed E-state index contributed by atoms with van der Waals surface area (Å²) in [4.78, 5) is 80.5. The number of rotatable bonds is 14. The molecule has 57 heavy (non-hydrogen) atoms. The lowest BCUT2D eigenvalue weighted by molar-refractivity contribution is -0.302. The lowest BCUT2D eigenvalue weighted by Crippen LogP contribution is -2.64. The molecule has 2 heterocycles. The highest BCUT2D eigenvalue weighted by Crippen LogP contribution is 2.34. The van der Waals surface area contributed by atoms with E-state index in [1.54, 1.807) is 58.9 Å². The number of carbonyl (C=O) groups is 5. The van der Waals surface area contributed by atoms with Crippen molar-refractivity contribution in [1.82, 2.24) is 9.55 Å². The number of ether oxygens (including phenoxy) is 10. The molecule has 3 aromatic rings. The normalized spacial score (nSPS) is 19.2. The molecule has 0 N–H and O–H groups in total. The molecule has 4 rings (SSSR count). The van der Waals surface area contributed by atoms with E-state index in [1.807, 2.05) is 0 Å². The topological polar surface area (TPSA) is 213 Å². The lowest BCUT2D eigenvalue weighted by Gasteiger charge is -2.43. The van der Waals surface area contributed by atoms with Crippen LogP contribution in [0.2, 0.25) is 0 Å². The Bertz CT molecular complexity index is 2050. The van der Waals surface area contributed by atoms with E-state index in [-0.39, 0.29) is 30.2 Å². The summed E-state index contributed by atoms with van der Waals surface area (Å²) in [6.45, 7) is 11.2. The molecule has 0 unspecified atom stereocenters. The molecule has 1 saturated heterocycles. The summed E-state index contributed by atoms with van der Waals surface area (Å²) < 4.78 is 56.4. The highest BCUT2D eigenvalue weighted by Gasteiger charge is 2.55. The van der Waals surface area contributed by atoms with Gasteiger partial charge in [0.15, 0.2) is 37.4 Å². The third-order valence-corrected chi connectivity index (χ3v) is 8.55. The van der Waals surface area contributed by atoms with E-state index in [9.17, 15) is 28.8 Å². The van der Waals surface area contributed by atoms with Crippen LogP contribution in [0.4, 0.5) is 0 Å². The maximum Gasteiger partial charge on any atom is 0.339 e. The number of hydrogen-bond donors (Lipinski definition) is 0. The predicted octanol–water partition coefficient (Wildman–Crippen LogP) is 3.33. The molecule has 1 fully saturated rings. The molecule has 1 aliphatic rings. The van der Waals surface area contributed by atoms with Crippen LogP contribution >= 0.6 is 0 Å². The first-order valence-corrected chi connectivity index (χ1v) is 17.8. The van der Waals surface area contributed by atoms with E-state index in [1.165, 1.54) is 18.8 Å². The standard InChI is InChI=1S/C39H48N2O16/c1-19-14-24(34-40-26-16-25(48-9)17-27(49-10)28(26)35(45)41(34)18-53-38(47)39(6,7)8)15-20(2)29(19)51-12-13-52-37-33(56-23(5)44)31(55-22(4)43)30(54-21(3)42)32(57-37)36(46)50-11/h14-17,30-33,37H,12-13,18H2,1-11H3/t30-,31-,32-,33+,37+/m0/s1. The van der Waals surface area contributed by atoms with Gasteiger partial charge in [-0.3, -0.25) is 28.5 Å². The molecule has 1 aromatic heterocycles. The molecule has 310 valence electrons. The van der Waals surface area contributed by atoms with E-state index in [2.05, 4.69) is 0 Å². The summed E-state index contributed by atoms with van der Waals surface area (Å²) in [7, 11) is 3.98.